The summed E-state index contributed by atoms with van der Waals surface area (Å²) >= 11 is 0. The minimum absolute atomic E-state index is 0.0430. The smallest absolute Gasteiger partial charge is 0.343 e. The van der Waals surface area contributed by atoms with Crippen LogP contribution in [0.1, 0.15) is 61.0 Å². The second kappa shape index (κ2) is 12.0. The number of hydrogen-bond acceptors (Lipinski definition) is 8. The molecule has 2 aromatic heterocycles. The van der Waals surface area contributed by atoms with E-state index in [-0.39, 0.29) is 23.6 Å². The molecule has 202 valence electrons. The van der Waals surface area contributed by atoms with Crippen molar-refractivity contribution in [3.63, 3.8) is 0 Å². The number of carbonyl (C=O) groups is 1. The lowest BCUT2D eigenvalue weighted by Gasteiger charge is -2.32. The minimum Gasteiger partial charge on any atom is -0.462 e. The molecule has 0 amide bonds. The Labute approximate surface area is 223 Å². The molecule has 9 heteroatoms. The van der Waals surface area contributed by atoms with Gasteiger partial charge in [-0.3, -0.25) is 4.79 Å². The summed E-state index contributed by atoms with van der Waals surface area (Å²) in [5.74, 6) is -0.172. The molecule has 1 aliphatic heterocycles. The van der Waals surface area contributed by atoms with Crippen LogP contribution in [0.25, 0.3) is 11.0 Å². The molecule has 0 unspecified atom stereocenters. The standard InChI is InChI=1S/C29H38N6O3/c1-3-38-28(37)25-20-35(23-7-5-4-6-8-23)27-24(26(25)36)19-30-29(32-27)31-22-11-9-21(10-12-22)13-14-34-17-15-33(2)16-18-34/h9-12,19-20,23H,3-8,13-18H2,1-2H3,(H,30,31,32). The lowest BCUT2D eigenvalue weighted by molar-refractivity contribution is 0.0524. The number of likely N-dealkylation sites (N-methyl/N-ethyl adjacent to an activating group) is 1. The molecule has 1 N–H and O–H groups in total. The first kappa shape index (κ1) is 26.3. The van der Waals surface area contributed by atoms with Crippen LogP contribution < -0.4 is 10.7 Å². The Kier molecular flexibility index (Phi) is 8.34. The van der Waals surface area contributed by atoms with Crippen LogP contribution >= 0.6 is 0 Å². The van der Waals surface area contributed by atoms with Crippen molar-refractivity contribution >= 4 is 28.6 Å². The molecule has 38 heavy (non-hydrogen) atoms. The van der Waals surface area contributed by atoms with E-state index in [9.17, 15) is 9.59 Å². The average Bonchev–Trinajstić information content (AvgIpc) is 2.94. The van der Waals surface area contributed by atoms with E-state index < -0.39 is 5.97 Å². The van der Waals surface area contributed by atoms with Crippen molar-refractivity contribution in [1.82, 2.24) is 24.3 Å². The van der Waals surface area contributed by atoms with Gasteiger partial charge < -0.3 is 24.4 Å². The number of rotatable bonds is 8. The van der Waals surface area contributed by atoms with Crippen LogP contribution in [0.5, 0.6) is 0 Å². The van der Waals surface area contributed by atoms with Crippen molar-refractivity contribution in [3.8, 4) is 0 Å². The average molecular weight is 519 g/mol. The third-order valence-electron chi connectivity index (χ3n) is 7.76. The Morgan fingerprint density at radius 3 is 2.53 bits per heavy atom. The number of nitrogens with zero attached hydrogens (tertiary/aromatic N) is 5. The summed E-state index contributed by atoms with van der Waals surface area (Å²) in [6.45, 7) is 7.54. The Bertz CT molecular complexity index is 1310. The third kappa shape index (κ3) is 6.05. The Morgan fingerprint density at radius 1 is 1.08 bits per heavy atom. The molecule has 2 fully saturated rings. The molecule has 9 nitrogen and oxygen atoms in total. The van der Waals surface area contributed by atoms with Crippen LogP contribution in [0.3, 0.4) is 0 Å². The fraction of sp³-hybridized carbons (Fsp3) is 0.517. The second-order valence-electron chi connectivity index (χ2n) is 10.4. The first-order valence-electron chi connectivity index (χ1n) is 13.9. The number of nitrogens with one attached hydrogen (secondary N) is 1. The van der Waals surface area contributed by atoms with Gasteiger partial charge in [-0.2, -0.15) is 4.98 Å². The molecular formula is C29H38N6O3. The van der Waals surface area contributed by atoms with Crippen molar-refractivity contribution < 1.29 is 9.53 Å². The molecule has 0 radical (unpaired) electrons. The summed E-state index contributed by atoms with van der Waals surface area (Å²) in [5.41, 5.74) is 2.40. The van der Waals surface area contributed by atoms with Gasteiger partial charge in [-0.15, -0.1) is 0 Å². The highest BCUT2D eigenvalue weighted by Crippen LogP contribution is 2.30. The third-order valence-corrected chi connectivity index (χ3v) is 7.76. The monoisotopic (exact) mass is 518 g/mol. The highest BCUT2D eigenvalue weighted by Gasteiger charge is 2.23. The number of pyridine rings is 1. The number of benzene rings is 1. The van der Waals surface area contributed by atoms with E-state index >= 15 is 0 Å². The summed E-state index contributed by atoms with van der Waals surface area (Å²) in [6.07, 6.45) is 9.60. The number of piperazine rings is 1. The van der Waals surface area contributed by atoms with Crippen molar-refractivity contribution in [3.05, 3.63) is 58.0 Å². The van der Waals surface area contributed by atoms with Crippen LogP contribution in [0.15, 0.2) is 41.5 Å². The van der Waals surface area contributed by atoms with Crippen LogP contribution in [-0.2, 0) is 11.2 Å². The highest BCUT2D eigenvalue weighted by atomic mass is 16.5. The maximum absolute atomic E-state index is 13.2. The van der Waals surface area contributed by atoms with Crippen molar-refractivity contribution in [2.75, 3.05) is 51.7 Å². The number of fused-ring (bicyclic) bond motifs is 1. The molecule has 0 bridgehead atoms. The molecule has 1 aromatic carbocycles. The van der Waals surface area contributed by atoms with E-state index in [4.69, 9.17) is 9.72 Å². The largest absolute Gasteiger partial charge is 0.462 e. The SMILES string of the molecule is CCOC(=O)c1cn(C2CCCCC2)c2nc(Nc3ccc(CCN4CCN(C)CC4)cc3)ncc2c1=O. The summed E-state index contributed by atoms with van der Waals surface area (Å²) in [7, 11) is 2.18. The topological polar surface area (TPSA) is 92.6 Å². The van der Waals surface area contributed by atoms with Crippen molar-refractivity contribution in [1.29, 1.82) is 0 Å². The van der Waals surface area contributed by atoms with Gasteiger partial charge in [0.1, 0.15) is 11.2 Å². The first-order valence-corrected chi connectivity index (χ1v) is 13.9. The molecule has 3 aromatic rings. The summed E-state index contributed by atoms with van der Waals surface area (Å²) in [4.78, 5) is 39.8. The van der Waals surface area contributed by atoms with Gasteiger partial charge in [-0.05, 0) is 50.9 Å². The number of hydrogen-bond donors (Lipinski definition) is 1. The van der Waals surface area contributed by atoms with E-state index in [0.29, 0.717) is 17.0 Å². The van der Waals surface area contributed by atoms with Gasteiger partial charge in [-0.1, -0.05) is 31.4 Å². The number of carbonyl (C=O) groups excluding carboxylic acids is 1. The molecule has 0 atom stereocenters. The van der Waals surface area contributed by atoms with Gasteiger partial charge in [0.05, 0.1) is 12.0 Å². The van der Waals surface area contributed by atoms with Gasteiger partial charge >= 0.3 is 5.97 Å². The van der Waals surface area contributed by atoms with Gasteiger partial charge in [0.15, 0.2) is 0 Å². The Morgan fingerprint density at radius 2 is 1.82 bits per heavy atom. The number of ether oxygens (including phenoxy) is 1. The lowest BCUT2D eigenvalue weighted by atomic mass is 9.95. The van der Waals surface area contributed by atoms with Crippen LogP contribution in [0.4, 0.5) is 11.6 Å². The zero-order chi connectivity index (χ0) is 26.5. The predicted molar refractivity (Wildman–Crippen MR) is 149 cm³/mol. The summed E-state index contributed by atoms with van der Waals surface area (Å²) < 4.78 is 7.15. The van der Waals surface area contributed by atoms with Gasteiger partial charge in [-0.25, -0.2) is 9.78 Å². The van der Waals surface area contributed by atoms with E-state index in [1.165, 1.54) is 18.2 Å². The van der Waals surface area contributed by atoms with Crippen molar-refractivity contribution in [2.45, 2.75) is 51.5 Å². The molecule has 2 aliphatic rings. The maximum atomic E-state index is 13.2. The van der Waals surface area contributed by atoms with Gasteiger partial charge in [0.2, 0.25) is 11.4 Å². The molecule has 1 saturated carbocycles. The summed E-state index contributed by atoms with van der Waals surface area (Å²) in [5, 5.41) is 3.63. The highest BCUT2D eigenvalue weighted by molar-refractivity contribution is 5.93. The predicted octanol–water partition coefficient (Wildman–Crippen LogP) is 4.01. The summed E-state index contributed by atoms with van der Waals surface area (Å²) in [6, 6.07) is 8.56. The molecule has 5 rings (SSSR count). The quantitative estimate of drug-likeness (QED) is 0.447. The van der Waals surface area contributed by atoms with E-state index in [1.54, 1.807) is 13.1 Å². The van der Waals surface area contributed by atoms with Gasteiger partial charge in [0, 0.05) is 56.8 Å². The molecule has 0 spiro atoms. The number of esters is 1. The molecule has 3 heterocycles. The number of aromatic nitrogens is 3. The minimum atomic E-state index is -0.598. The van der Waals surface area contributed by atoms with Crippen molar-refractivity contribution in [2.24, 2.45) is 0 Å². The molecular weight excluding hydrogens is 480 g/mol. The first-order chi connectivity index (χ1) is 18.5. The maximum Gasteiger partial charge on any atom is 0.343 e. The van der Waals surface area contributed by atoms with E-state index in [2.05, 4.69) is 39.3 Å². The molecule has 1 saturated heterocycles. The normalized spacial score (nSPS) is 17.5. The fourth-order valence-corrected chi connectivity index (χ4v) is 5.43. The van der Waals surface area contributed by atoms with E-state index in [0.717, 1.165) is 70.5 Å². The van der Waals surface area contributed by atoms with Gasteiger partial charge in [0.25, 0.3) is 0 Å². The number of anilines is 2. The van der Waals surface area contributed by atoms with Crippen LogP contribution in [-0.4, -0.2) is 76.7 Å². The fourth-order valence-electron chi connectivity index (χ4n) is 5.43. The van der Waals surface area contributed by atoms with Crippen LogP contribution in [0, 0.1) is 0 Å². The second-order valence-corrected chi connectivity index (χ2v) is 10.4. The zero-order valence-electron chi connectivity index (χ0n) is 22.5. The molecule has 1 aliphatic carbocycles. The van der Waals surface area contributed by atoms with Crippen LogP contribution in [0.2, 0.25) is 0 Å². The van der Waals surface area contributed by atoms with E-state index in [1.807, 2.05) is 16.7 Å². The Balaban J connectivity index is 1.35. The lowest BCUT2D eigenvalue weighted by Crippen LogP contribution is -2.45. The Hall–Kier alpha value is -3.30. The zero-order valence-corrected chi connectivity index (χ0v) is 22.5.